The summed E-state index contributed by atoms with van der Waals surface area (Å²) < 4.78 is 17.0. The molecule has 124 valence electrons. The van der Waals surface area contributed by atoms with E-state index in [1.807, 2.05) is 48.5 Å². The summed E-state index contributed by atoms with van der Waals surface area (Å²) in [6.45, 7) is 1.11. The first-order valence-corrected chi connectivity index (χ1v) is 7.48. The minimum absolute atomic E-state index is 0. The van der Waals surface area contributed by atoms with Gasteiger partial charge in [-0.05, 0) is 11.6 Å². The first-order valence-electron chi connectivity index (χ1n) is 7.48. The highest BCUT2D eigenvalue weighted by atomic mass is 35.5. The second-order valence-electron chi connectivity index (χ2n) is 5.49. The Morgan fingerprint density at radius 1 is 1.17 bits per heavy atom. The molecule has 2 atom stereocenters. The van der Waals surface area contributed by atoms with Crippen molar-refractivity contribution < 1.29 is 14.2 Å². The zero-order valence-electron chi connectivity index (χ0n) is 13.1. The molecule has 0 aromatic heterocycles. The second-order valence-corrected chi connectivity index (χ2v) is 5.49. The van der Waals surface area contributed by atoms with Gasteiger partial charge in [0, 0.05) is 24.1 Å². The number of hydrogen-bond acceptors (Lipinski definition) is 4. The number of hydrogen-bond donors (Lipinski definition) is 1. The molecule has 0 fully saturated rings. The van der Waals surface area contributed by atoms with E-state index in [0.29, 0.717) is 13.2 Å². The molecule has 3 rings (SSSR count). The van der Waals surface area contributed by atoms with E-state index in [1.54, 1.807) is 7.11 Å². The first kappa shape index (κ1) is 17.6. The van der Waals surface area contributed by atoms with Crippen LogP contribution in [0, 0.1) is 0 Å². The zero-order valence-corrected chi connectivity index (χ0v) is 13.9. The Morgan fingerprint density at radius 3 is 2.70 bits per heavy atom. The van der Waals surface area contributed by atoms with Crippen LogP contribution in [0.4, 0.5) is 0 Å². The van der Waals surface area contributed by atoms with Crippen LogP contribution in [-0.4, -0.2) is 19.8 Å². The van der Waals surface area contributed by atoms with Gasteiger partial charge in [-0.1, -0.05) is 36.4 Å². The van der Waals surface area contributed by atoms with Gasteiger partial charge in [0.15, 0.2) is 0 Å². The Morgan fingerprint density at radius 2 is 1.96 bits per heavy atom. The quantitative estimate of drug-likeness (QED) is 0.908. The molecule has 0 unspecified atom stereocenters. The standard InChI is InChI=1S/C18H21NO3.ClH/c1-20-14-7-8-16-17(19)9-15(22-18(16)10-14)12-21-11-13-5-3-2-4-6-13;/h2-8,10,15,17H,9,11-12,19H2,1H3;1H/t15-,17-;/m1./s1. The van der Waals surface area contributed by atoms with Crippen LogP contribution in [-0.2, 0) is 11.3 Å². The maximum atomic E-state index is 6.23. The summed E-state index contributed by atoms with van der Waals surface area (Å²) >= 11 is 0. The van der Waals surface area contributed by atoms with Gasteiger partial charge in [-0.25, -0.2) is 0 Å². The Labute approximate surface area is 143 Å². The van der Waals surface area contributed by atoms with Crippen molar-refractivity contribution in [3.8, 4) is 11.5 Å². The molecule has 2 N–H and O–H groups in total. The molecule has 0 spiro atoms. The summed E-state index contributed by atoms with van der Waals surface area (Å²) in [7, 11) is 1.64. The van der Waals surface area contributed by atoms with E-state index in [-0.39, 0.29) is 24.6 Å². The molecule has 0 radical (unpaired) electrons. The van der Waals surface area contributed by atoms with Crippen molar-refractivity contribution in [3.05, 3.63) is 59.7 Å². The summed E-state index contributed by atoms with van der Waals surface area (Å²) in [5.41, 5.74) is 8.42. The minimum Gasteiger partial charge on any atom is -0.497 e. The summed E-state index contributed by atoms with van der Waals surface area (Å²) in [4.78, 5) is 0. The number of halogens is 1. The van der Waals surface area contributed by atoms with E-state index in [4.69, 9.17) is 19.9 Å². The third kappa shape index (κ3) is 4.38. The summed E-state index contributed by atoms with van der Waals surface area (Å²) in [6, 6.07) is 15.9. The van der Waals surface area contributed by atoms with Crippen LogP contribution in [0.2, 0.25) is 0 Å². The van der Waals surface area contributed by atoms with Gasteiger partial charge in [0.25, 0.3) is 0 Å². The average Bonchev–Trinajstić information content (AvgIpc) is 2.55. The van der Waals surface area contributed by atoms with E-state index in [1.165, 1.54) is 0 Å². The lowest BCUT2D eigenvalue weighted by Crippen LogP contribution is -2.33. The number of fused-ring (bicyclic) bond motifs is 1. The first-order chi connectivity index (χ1) is 10.8. The monoisotopic (exact) mass is 335 g/mol. The van der Waals surface area contributed by atoms with Gasteiger partial charge in [-0.2, -0.15) is 0 Å². The van der Waals surface area contributed by atoms with Crippen LogP contribution < -0.4 is 15.2 Å². The van der Waals surface area contributed by atoms with E-state index < -0.39 is 0 Å². The SMILES string of the molecule is COc1ccc2c(c1)O[C@@H](COCc1ccccc1)C[C@H]2N.Cl. The smallest absolute Gasteiger partial charge is 0.128 e. The van der Waals surface area contributed by atoms with Gasteiger partial charge < -0.3 is 19.9 Å². The largest absolute Gasteiger partial charge is 0.497 e. The van der Waals surface area contributed by atoms with Crippen LogP contribution in [0.25, 0.3) is 0 Å². The molecule has 5 heteroatoms. The van der Waals surface area contributed by atoms with Gasteiger partial charge in [0.05, 0.1) is 20.3 Å². The lowest BCUT2D eigenvalue weighted by Gasteiger charge is -2.30. The van der Waals surface area contributed by atoms with Crippen molar-refractivity contribution in [1.29, 1.82) is 0 Å². The molecular formula is C18H22ClNO3. The number of rotatable bonds is 5. The van der Waals surface area contributed by atoms with Crippen molar-refractivity contribution in [2.75, 3.05) is 13.7 Å². The van der Waals surface area contributed by atoms with Gasteiger partial charge in [-0.15, -0.1) is 12.4 Å². The van der Waals surface area contributed by atoms with Crippen molar-refractivity contribution in [1.82, 2.24) is 0 Å². The fourth-order valence-electron chi connectivity index (χ4n) is 2.67. The molecule has 0 bridgehead atoms. The molecular weight excluding hydrogens is 314 g/mol. The number of methoxy groups -OCH3 is 1. The minimum atomic E-state index is -0.0293. The normalized spacial score (nSPS) is 19.2. The molecule has 0 saturated carbocycles. The molecule has 2 aromatic carbocycles. The maximum absolute atomic E-state index is 6.23. The second kappa shape index (κ2) is 8.20. The molecule has 2 aromatic rings. The summed E-state index contributed by atoms with van der Waals surface area (Å²) in [5, 5.41) is 0. The lowest BCUT2D eigenvalue weighted by atomic mass is 9.97. The van der Waals surface area contributed by atoms with Gasteiger partial charge in [-0.3, -0.25) is 0 Å². The Balaban J connectivity index is 0.00000192. The van der Waals surface area contributed by atoms with Crippen LogP contribution in [0.15, 0.2) is 48.5 Å². The highest BCUT2D eigenvalue weighted by molar-refractivity contribution is 5.85. The number of ether oxygens (including phenoxy) is 3. The van der Waals surface area contributed by atoms with E-state index in [0.717, 1.165) is 29.0 Å². The van der Waals surface area contributed by atoms with Gasteiger partial charge in [0.1, 0.15) is 17.6 Å². The predicted molar refractivity (Wildman–Crippen MR) is 92.3 cm³/mol. The maximum Gasteiger partial charge on any atom is 0.128 e. The zero-order chi connectivity index (χ0) is 15.4. The third-order valence-corrected chi connectivity index (χ3v) is 3.85. The Bertz CT molecular complexity index is 621. The topological polar surface area (TPSA) is 53.7 Å². The molecule has 4 nitrogen and oxygen atoms in total. The van der Waals surface area contributed by atoms with Crippen LogP contribution in [0.1, 0.15) is 23.6 Å². The van der Waals surface area contributed by atoms with E-state index >= 15 is 0 Å². The molecule has 23 heavy (non-hydrogen) atoms. The predicted octanol–water partition coefficient (Wildman–Crippen LogP) is 3.48. The number of benzene rings is 2. The highest BCUT2D eigenvalue weighted by Crippen LogP contribution is 2.36. The van der Waals surface area contributed by atoms with Gasteiger partial charge >= 0.3 is 0 Å². The Kier molecular flexibility index (Phi) is 6.28. The molecule has 0 amide bonds. The van der Waals surface area contributed by atoms with Crippen molar-refractivity contribution in [2.24, 2.45) is 5.73 Å². The Hall–Kier alpha value is -1.75. The van der Waals surface area contributed by atoms with E-state index in [2.05, 4.69) is 0 Å². The van der Waals surface area contributed by atoms with Crippen molar-refractivity contribution >= 4 is 12.4 Å². The molecule has 0 saturated heterocycles. The van der Waals surface area contributed by atoms with Crippen molar-refractivity contribution in [2.45, 2.75) is 25.2 Å². The third-order valence-electron chi connectivity index (χ3n) is 3.85. The molecule has 1 aliphatic heterocycles. The fraction of sp³-hybridized carbons (Fsp3) is 0.333. The van der Waals surface area contributed by atoms with E-state index in [9.17, 15) is 0 Å². The molecule has 1 heterocycles. The molecule has 1 aliphatic rings. The number of nitrogens with two attached hydrogens (primary N) is 1. The lowest BCUT2D eigenvalue weighted by molar-refractivity contribution is 0.0267. The van der Waals surface area contributed by atoms with Gasteiger partial charge in [0.2, 0.25) is 0 Å². The molecule has 0 aliphatic carbocycles. The fourth-order valence-corrected chi connectivity index (χ4v) is 2.67. The van der Waals surface area contributed by atoms with Crippen LogP contribution >= 0.6 is 12.4 Å². The van der Waals surface area contributed by atoms with Crippen LogP contribution in [0.5, 0.6) is 11.5 Å². The summed E-state index contributed by atoms with van der Waals surface area (Å²) in [6.07, 6.45) is 0.729. The highest BCUT2D eigenvalue weighted by Gasteiger charge is 2.26. The van der Waals surface area contributed by atoms with Crippen molar-refractivity contribution in [3.63, 3.8) is 0 Å². The average molecular weight is 336 g/mol. The summed E-state index contributed by atoms with van der Waals surface area (Å²) in [5.74, 6) is 1.57. The van der Waals surface area contributed by atoms with Crippen LogP contribution in [0.3, 0.4) is 0 Å².